The highest BCUT2D eigenvalue weighted by Crippen LogP contribution is 2.30. The van der Waals surface area contributed by atoms with Gasteiger partial charge in [-0.25, -0.2) is 0 Å². The Labute approximate surface area is 160 Å². The molecule has 0 spiro atoms. The predicted molar refractivity (Wildman–Crippen MR) is 107 cm³/mol. The quantitative estimate of drug-likeness (QED) is 0.885. The number of nitrogens with two attached hydrogens (primary N) is 1. The number of hydrogen-bond acceptors (Lipinski definition) is 4. The van der Waals surface area contributed by atoms with Crippen LogP contribution in [0.5, 0.6) is 0 Å². The minimum Gasteiger partial charge on any atom is -0.373 e. The highest BCUT2D eigenvalue weighted by molar-refractivity contribution is 5.98. The number of rotatable bonds is 5. The summed E-state index contributed by atoms with van der Waals surface area (Å²) in [5.74, 6) is -0.360. The van der Waals surface area contributed by atoms with Gasteiger partial charge in [-0.05, 0) is 36.1 Å². The normalized spacial score (nSPS) is 20.3. The number of ether oxygens (including phenoxy) is 1. The number of nitrogens with zero attached hydrogens (tertiary/aromatic N) is 2. The summed E-state index contributed by atoms with van der Waals surface area (Å²) in [5, 5.41) is 0. The van der Waals surface area contributed by atoms with E-state index in [2.05, 4.69) is 34.1 Å². The van der Waals surface area contributed by atoms with Crippen molar-refractivity contribution in [3.8, 4) is 0 Å². The maximum atomic E-state index is 11.7. The van der Waals surface area contributed by atoms with Gasteiger partial charge in [-0.15, -0.1) is 0 Å². The molecule has 0 radical (unpaired) electrons. The van der Waals surface area contributed by atoms with Gasteiger partial charge in [-0.3, -0.25) is 9.69 Å². The van der Waals surface area contributed by atoms with E-state index < -0.39 is 0 Å². The van der Waals surface area contributed by atoms with Crippen molar-refractivity contribution in [3.63, 3.8) is 0 Å². The molecule has 2 N–H and O–H groups in total. The Balaban J connectivity index is 1.33. The third kappa shape index (κ3) is 3.99. The minimum atomic E-state index is -0.360. The first kappa shape index (κ1) is 18.0. The van der Waals surface area contributed by atoms with E-state index in [9.17, 15) is 4.79 Å². The first-order valence-corrected chi connectivity index (χ1v) is 9.78. The highest BCUT2D eigenvalue weighted by atomic mass is 16.5. The lowest BCUT2D eigenvalue weighted by molar-refractivity contribution is 0.0289. The number of carbonyl (C=O) groups is 1. The van der Waals surface area contributed by atoms with Gasteiger partial charge in [-0.2, -0.15) is 0 Å². The zero-order valence-electron chi connectivity index (χ0n) is 15.6. The van der Waals surface area contributed by atoms with Crippen LogP contribution in [0.4, 0.5) is 5.69 Å². The number of fused-ring (bicyclic) bond motifs is 1. The van der Waals surface area contributed by atoms with Crippen molar-refractivity contribution >= 4 is 11.6 Å². The van der Waals surface area contributed by atoms with Gasteiger partial charge in [0.1, 0.15) is 0 Å². The SMILES string of the molecule is NC(=O)c1ccccc1N1CCN(CCC2OCCc3ccccc32)CC1. The second kappa shape index (κ2) is 8.11. The monoisotopic (exact) mass is 365 g/mol. The van der Waals surface area contributed by atoms with Crippen LogP contribution in [0.25, 0.3) is 0 Å². The van der Waals surface area contributed by atoms with E-state index in [1.54, 1.807) is 0 Å². The molecule has 1 amide bonds. The lowest BCUT2D eigenvalue weighted by atomic mass is 9.95. The van der Waals surface area contributed by atoms with Crippen LogP contribution in [0.1, 0.15) is 34.0 Å². The summed E-state index contributed by atoms with van der Waals surface area (Å²) in [6.07, 6.45) is 2.25. The van der Waals surface area contributed by atoms with Crippen LogP contribution in [-0.4, -0.2) is 50.1 Å². The number of para-hydroxylation sites is 1. The van der Waals surface area contributed by atoms with Gasteiger partial charge in [0.25, 0.3) is 5.91 Å². The third-order valence-electron chi connectivity index (χ3n) is 5.68. The third-order valence-corrected chi connectivity index (χ3v) is 5.68. The van der Waals surface area contributed by atoms with Crippen molar-refractivity contribution in [2.24, 2.45) is 5.73 Å². The van der Waals surface area contributed by atoms with E-state index in [1.165, 1.54) is 11.1 Å². The van der Waals surface area contributed by atoms with Crippen molar-refractivity contribution in [3.05, 3.63) is 65.2 Å². The van der Waals surface area contributed by atoms with Crippen LogP contribution >= 0.6 is 0 Å². The number of amides is 1. The summed E-state index contributed by atoms with van der Waals surface area (Å²) in [5.41, 5.74) is 9.88. The molecular formula is C22H27N3O2. The van der Waals surface area contributed by atoms with E-state index in [4.69, 9.17) is 10.5 Å². The molecule has 2 aliphatic heterocycles. The maximum Gasteiger partial charge on any atom is 0.250 e. The summed E-state index contributed by atoms with van der Waals surface area (Å²) in [6.45, 7) is 5.64. The van der Waals surface area contributed by atoms with Gasteiger partial charge < -0.3 is 15.4 Å². The molecule has 27 heavy (non-hydrogen) atoms. The molecule has 2 aromatic rings. The number of benzene rings is 2. The number of piperazine rings is 1. The molecule has 2 heterocycles. The fourth-order valence-corrected chi connectivity index (χ4v) is 4.19. The molecule has 0 saturated carbocycles. The van der Waals surface area contributed by atoms with Gasteiger partial charge in [0.15, 0.2) is 0 Å². The van der Waals surface area contributed by atoms with Gasteiger partial charge in [-0.1, -0.05) is 36.4 Å². The Kier molecular flexibility index (Phi) is 5.41. The average molecular weight is 365 g/mol. The second-order valence-corrected chi connectivity index (χ2v) is 7.31. The first-order chi connectivity index (χ1) is 13.2. The molecule has 4 rings (SSSR count). The number of primary amides is 1. The zero-order valence-corrected chi connectivity index (χ0v) is 15.6. The second-order valence-electron chi connectivity index (χ2n) is 7.31. The van der Waals surface area contributed by atoms with Crippen molar-refractivity contribution in [1.82, 2.24) is 4.90 Å². The highest BCUT2D eigenvalue weighted by Gasteiger charge is 2.24. The van der Waals surface area contributed by atoms with Crippen molar-refractivity contribution in [2.45, 2.75) is 18.9 Å². The van der Waals surface area contributed by atoms with Crippen LogP contribution in [0.15, 0.2) is 48.5 Å². The molecule has 0 aliphatic carbocycles. The van der Waals surface area contributed by atoms with E-state index in [-0.39, 0.29) is 12.0 Å². The Hall–Kier alpha value is -2.37. The van der Waals surface area contributed by atoms with Crippen molar-refractivity contribution < 1.29 is 9.53 Å². The summed E-state index contributed by atoms with van der Waals surface area (Å²) in [4.78, 5) is 16.4. The summed E-state index contributed by atoms with van der Waals surface area (Å²) in [7, 11) is 0. The molecular weight excluding hydrogens is 338 g/mol. The fourth-order valence-electron chi connectivity index (χ4n) is 4.19. The Bertz CT molecular complexity index is 800. The summed E-state index contributed by atoms with van der Waals surface area (Å²) in [6, 6.07) is 16.3. The summed E-state index contributed by atoms with van der Waals surface area (Å²) >= 11 is 0. The predicted octanol–water partition coefficient (Wildman–Crippen LogP) is 2.61. The van der Waals surface area contributed by atoms with Gasteiger partial charge in [0, 0.05) is 38.4 Å². The molecule has 142 valence electrons. The van der Waals surface area contributed by atoms with Gasteiger partial charge >= 0.3 is 0 Å². The van der Waals surface area contributed by atoms with Crippen LogP contribution in [0.3, 0.4) is 0 Å². The lowest BCUT2D eigenvalue weighted by Gasteiger charge is -2.37. The maximum absolute atomic E-state index is 11.7. The summed E-state index contributed by atoms with van der Waals surface area (Å²) < 4.78 is 6.04. The van der Waals surface area contributed by atoms with E-state index in [0.717, 1.165) is 57.9 Å². The fraction of sp³-hybridized carbons (Fsp3) is 0.409. The van der Waals surface area contributed by atoms with Crippen LogP contribution in [0, 0.1) is 0 Å². The molecule has 2 aromatic carbocycles. The van der Waals surface area contributed by atoms with E-state index in [0.29, 0.717) is 5.56 Å². The van der Waals surface area contributed by atoms with Gasteiger partial charge in [0.2, 0.25) is 0 Å². The zero-order chi connectivity index (χ0) is 18.6. The topological polar surface area (TPSA) is 58.8 Å². The van der Waals surface area contributed by atoms with Gasteiger partial charge in [0.05, 0.1) is 18.3 Å². The van der Waals surface area contributed by atoms with Crippen LogP contribution in [0.2, 0.25) is 0 Å². The molecule has 1 unspecified atom stereocenters. The van der Waals surface area contributed by atoms with Crippen LogP contribution in [-0.2, 0) is 11.2 Å². The van der Waals surface area contributed by atoms with E-state index in [1.807, 2.05) is 24.3 Å². The molecule has 1 fully saturated rings. The molecule has 1 saturated heterocycles. The molecule has 1 atom stereocenters. The Morgan fingerprint density at radius 2 is 1.78 bits per heavy atom. The average Bonchev–Trinajstić information content (AvgIpc) is 2.72. The first-order valence-electron chi connectivity index (χ1n) is 9.78. The molecule has 0 bridgehead atoms. The number of hydrogen-bond donors (Lipinski definition) is 1. The van der Waals surface area contributed by atoms with E-state index >= 15 is 0 Å². The number of carbonyl (C=O) groups excluding carboxylic acids is 1. The van der Waals surface area contributed by atoms with Crippen molar-refractivity contribution in [1.29, 1.82) is 0 Å². The minimum absolute atomic E-state index is 0.212. The Morgan fingerprint density at radius 1 is 1.04 bits per heavy atom. The van der Waals surface area contributed by atoms with Crippen molar-refractivity contribution in [2.75, 3.05) is 44.2 Å². The molecule has 5 nitrogen and oxygen atoms in total. The van der Waals surface area contributed by atoms with Crippen LogP contribution < -0.4 is 10.6 Å². The molecule has 5 heteroatoms. The largest absolute Gasteiger partial charge is 0.373 e. The number of anilines is 1. The standard InChI is InChI=1S/C22H27N3O2/c23-22(26)19-7-3-4-8-20(19)25-14-12-24(13-15-25)11-9-21-18-6-2-1-5-17(18)10-16-27-21/h1-8,21H,9-16H2,(H2,23,26). The molecule has 2 aliphatic rings. The Morgan fingerprint density at radius 3 is 2.59 bits per heavy atom. The smallest absolute Gasteiger partial charge is 0.250 e. The lowest BCUT2D eigenvalue weighted by Crippen LogP contribution is -2.47. The molecule has 0 aromatic heterocycles.